The molecule has 0 aliphatic heterocycles. The van der Waals surface area contributed by atoms with E-state index in [0.29, 0.717) is 6.42 Å². The second-order valence-electron chi connectivity index (χ2n) is 6.85. The Kier molecular flexibility index (Phi) is 8.06. The molecule has 12 heteroatoms. The maximum absolute atomic E-state index is 13.2. The van der Waals surface area contributed by atoms with Gasteiger partial charge in [-0.05, 0) is 48.4 Å². The predicted octanol–water partition coefficient (Wildman–Crippen LogP) is 3.38. The number of nitrogens with one attached hydrogen (secondary N) is 2. The Morgan fingerprint density at radius 1 is 1.03 bits per heavy atom. The smallest absolute Gasteiger partial charge is 0.484 e. The summed E-state index contributed by atoms with van der Waals surface area (Å²) < 4.78 is 63.7. The summed E-state index contributed by atoms with van der Waals surface area (Å²) in [6.45, 7) is -0.257. The zero-order valence-corrected chi connectivity index (χ0v) is 17.5. The molecule has 0 saturated carbocycles. The number of hydrogen-bond acceptors (Lipinski definition) is 6. The molecule has 180 valence electrons. The first kappa shape index (κ1) is 24.6. The molecule has 0 unspecified atom stereocenters. The van der Waals surface area contributed by atoms with E-state index in [9.17, 15) is 27.2 Å². The van der Waals surface area contributed by atoms with Crippen molar-refractivity contribution in [2.24, 2.45) is 0 Å². The molecule has 0 saturated heterocycles. The van der Waals surface area contributed by atoms with Crippen molar-refractivity contribution in [2.45, 2.75) is 19.3 Å². The van der Waals surface area contributed by atoms with Gasteiger partial charge >= 0.3 is 6.36 Å². The molecule has 0 bridgehead atoms. The molecule has 0 radical (unpaired) electrons. The molecule has 34 heavy (non-hydrogen) atoms. The summed E-state index contributed by atoms with van der Waals surface area (Å²) in [5.74, 6) is -1.56. The summed E-state index contributed by atoms with van der Waals surface area (Å²) >= 11 is 0. The summed E-state index contributed by atoms with van der Waals surface area (Å²) in [5, 5.41) is 5.11. The van der Waals surface area contributed by atoms with Crippen LogP contribution in [0, 0.1) is 5.82 Å². The Bertz CT molecular complexity index is 1120. The lowest BCUT2D eigenvalue weighted by Gasteiger charge is -2.10. The molecule has 2 amide bonds. The largest absolute Gasteiger partial charge is 0.573 e. The first-order valence-electron chi connectivity index (χ1n) is 9.90. The Balaban J connectivity index is 1.37. The number of hydrogen-bond donors (Lipinski definition) is 2. The summed E-state index contributed by atoms with van der Waals surface area (Å²) in [6.07, 6.45) is -3.23. The maximum atomic E-state index is 13.2. The minimum atomic E-state index is -4.80. The van der Waals surface area contributed by atoms with Crippen LogP contribution in [0.25, 0.3) is 0 Å². The van der Waals surface area contributed by atoms with Gasteiger partial charge in [-0.2, -0.15) is 0 Å². The highest BCUT2D eigenvalue weighted by Gasteiger charge is 2.31. The van der Waals surface area contributed by atoms with Gasteiger partial charge in [-0.1, -0.05) is 12.1 Å². The van der Waals surface area contributed by atoms with Crippen LogP contribution in [0.3, 0.4) is 0 Å². The normalized spacial score (nSPS) is 11.1. The molecule has 8 nitrogen and oxygen atoms in total. The second kappa shape index (κ2) is 11.2. The van der Waals surface area contributed by atoms with E-state index < -0.39 is 30.5 Å². The zero-order valence-electron chi connectivity index (χ0n) is 17.5. The van der Waals surface area contributed by atoms with Crippen molar-refractivity contribution in [3.8, 4) is 11.5 Å². The van der Waals surface area contributed by atoms with E-state index in [4.69, 9.17) is 9.15 Å². The first-order valence-corrected chi connectivity index (χ1v) is 9.90. The van der Waals surface area contributed by atoms with Crippen molar-refractivity contribution in [3.05, 3.63) is 77.8 Å². The molecule has 1 aromatic heterocycles. The van der Waals surface area contributed by atoms with Gasteiger partial charge in [-0.15, -0.1) is 13.2 Å². The molecule has 2 aromatic carbocycles. The van der Waals surface area contributed by atoms with Crippen molar-refractivity contribution < 1.29 is 41.0 Å². The van der Waals surface area contributed by atoms with E-state index in [1.165, 1.54) is 24.3 Å². The lowest BCUT2D eigenvalue weighted by Crippen LogP contribution is -2.29. The fraction of sp³-hybridized carbons (Fsp3) is 0.227. The van der Waals surface area contributed by atoms with E-state index in [-0.39, 0.29) is 36.2 Å². The van der Waals surface area contributed by atoms with Gasteiger partial charge < -0.3 is 24.5 Å². The molecule has 0 aliphatic rings. The van der Waals surface area contributed by atoms with Crippen molar-refractivity contribution in [1.29, 1.82) is 0 Å². The van der Waals surface area contributed by atoms with E-state index in [1.54, 1.807) is 12.1 Å². The molecule has 0 aliphatic carbocycles. The van der Waals surface area contributed by atoms with E-state index >= 15 is 0 Å². The van der Waals surface area contributed by atoms with Gasteiger partial charge in [0.15, 0.2) is 12.3 Å². The number of alkyl halides is 3. The lowest BCUT2D eigenvalue weighted by atomic mass is 10.1. The third-order valence-corrected chi connectivity index (χ3v) is 4.24. The van der Waals surface area contributed by atoms with Gasteiger partial charge in [0.25, 0.3) is 11.8 Å². The molecule has 0 fully saturated rings. The third-order valence-electron chi connectivity index (χ3n) is 4.24. The van der Waals surface area contributed by atoms with Crippen molar-refractivity contribution in [3.63, 3.8) is 0 Å². The maximum Gasteiger partial charge on any atom is 0.573 e. The highest BCUT2D eigenvalue weighted by Crippen LogP contribution is 2.24. The van der Waals surface area contributed by atoms with Crippen LogP contribution in [-0.4, -0.2) is 36.3 Å². The lowest BCUT2D eigenvalue weighted by molar-refractivity contribution is -0.274. The molecule has 1 heterocycles. The van der Waals surface area contributed by atoms with Gasteiger partial charge in [-0.3, -0.25) is 9.59 Å². The minimum Gasteiger partial charge on any atom is -0.484 e. The number of halogens is 4. The van der Waals surface area contributed by atoms with Crippen molar-refractivity contribution >= 4 is 11.8 Å². The van der Waals surface area contributed by atoms with Crippen LogP contribution < -0.4 is 20.1 Å². The van der Waals surface area contributed by atoms with Crippen LogP contribution in [0.5, 0.6) is 11.5 Å². The molecule has 3 aromatic rings. The standard InChI is InChI=1S/C22H19F4N3O5/c23-15-3-1-2-14(10-15)8-9-27-21(31)18-12-33-20(29-18)11-28-19(30)13-32-16-4-6-17(7-5-16)34-22(24,25)26/h1-7,10,12H,8-9,11,13H2,(H,27,31)(H,28,30). The van der Waals surface area contributed by atoms with Crippen molar-refractivity contribution in [2.75, 3.05) is 13.2 Å². The van der Waals surface area contributed by atoms with Gasteiger partial charge in [0, 0.05) is 6.54 Å². The number of rotatable bonds is 10. The number of carbonyl (C=O) groups excluding carboxylic acids is 2. The zero-order chi connectivity index (χ0) is 24.6. The van der Waals surface area contributed by atoms with Gasteiger partial charge in [-0.25, -0.2) is 9.37 Å². The van der Waals surface area contributed by atoms with Gasteiger partial charge in [0.1, 0.15) is 23.6 Å². The highest BCUT2D eigenvalue weighted by molar-refractivity contribution is 5.91. The van der Waals surface area contributed by atoms with Crippen LogP contribution in [-0.2, 0) is 17.8 Å². The Labute approximate surface area is 190 Å². The Morgan fingerprint density at radius 2 is 1.76 bits per heavy atom. The van der Waals surface area contributed by atoms with Crippen LogP contribution in [0.4, 0.5) is 17.6 Å². The van der Waals surface area contributed by atoms with Gasteiger partial charge in [0.2, 0.25) is 5.89 Å². The molecular formula is C22H19F4N3O5. The SMILES string of the molecule is O=C(COc1ccc(OC(F)(F)F)cc1)NCc1nc(C(=O)NCCc2cccc(F)c2)co1. The quantitative estimate of drug-likeness (QED) is 0.431. The monoisotopic (exact) mass is 481 g/mol. The molecule has 0 spiro atoms. The molecule has 3 rings (SSSR count). The van der Waals surface area contributed by atoms with Crippen LogP contribution in [0.2, 0.25) is 0 Å². The topological polar surface area (TPSA) is 103 Å². The molecule has 2 N–H and O–H groups in total. The first-order chi connectivity index (χ1) is 16.2. The number of nitrogens with zero attached hydrogens (tertiary/aromatic N) is 1. The summed E-state index contributed by atoms with van der Waals surface area (Å²) in [6, 6.07) is 10.6. The molecule has 0 atom stereocenters. The number of oxazole rings is 1. The molecular weight excluding hydrogens is 462 g/mol. The number of benzene rings is 2. The van der Waals surface area contributed by atoms with Crippen LogP contribution in [0.15, 0.2) is 59.2 Å². The van der Waals surface area contributed by atoms with E-state index in [0.717, 1.165) is 24.0 Å². The highest BCUT2D eigenvalue weighted by atomic mass is 19.4. The fourth-order valence-electron chi connectivity index (χ4n) is 2.71. The van der Waals surface area contributed by atoms with Crippen molar-refractivity contribution in [1.82, 2.24) is 15.6 Å². The number of aromatic nitrogens is 1. The van der Waals surface area contributed by atoms with E-state index in [1.807, 2.05) is 0 Å². The average molecular weight is 481 g/mol. The van der Waals surface area contributed by atoms with E-state index in [2.05, 4.69) is 20.4 Å². The average Bonchev–Trinajstić information content (AvgIpc) is 3.25. The summed E-state index contributed by atoms with van der Waals surface area (Å²) in [5.41, 5.74) is 0.748. The number of carbonyl (C=O) groups is 2. The number of amides is 2. The number of ether oxygens (including phenoxy) is 2. The third kappa shape index (κ3) is 8.11. The van der Waals surface area contributed by atoms with Gasteiger partial charge in [0.05, 0.1) is 6.54 Å². The Morgan fingerprint density at radius 3 is 2.47 bits per heavy atom. The second-order valence-corrected chi connectivity index (χ2v) is 6.85. The Hall–Kier alpha value is -4.09. The summed E-state index contributed by atoms with van der Waals surface area (Å²) in [7, 11) is 0. The predicted molar refractivity (Wildman–Crippen MR) is 109 cm³/mol. The minimum absolute atomic E-state index is 0.0147. The van der Waals surface area contributed by atoms with Crippen LogP contribution >= 0.6 is 0 Å². The summed E-state index contributed by atoms with van der Waals surface area (Å²) in [4.78, 5) is 28.0. The van der Waals surface area contributed by atoms with Crippen LogP contribution in [0.1, 0.15) is 21.9 Å². The fourth-order valence-corrected chi connectivity index (χ4v) is 2.71.